The summed E-state index contributed by atoms with van der Waals surface area (Å²) >= 11 is 0. The second-order valence-corrected chi connectivity index (χ2v) is 6.73. The standard InChI is InChI=1S/C18H20FNO2/c1-11-10-20(18(2,3)16(21)12-8-9-12)17(22)15(11)13-6-4-5-7-14(13)19/h4-7,10,12,15H,8-9H2,1-3H3. The molecule has 1 amide bonds. The molecule has 4 heteroatoms. The molecular weight excluding hydrogens is 281 g/mol. The average molecular weight is 301 g/mol. The fourth-order valence-electron chi connectivity index (χ4n) is 3.16. The number of carbonyl (C=O) groups is 2. The minimum Gasteiger partial charge on any atom is -0.306 e. The number of ketones is 1. The molecule has 0 radical (unpaired) electrons. The van der Waals surface area contributed by atoms with Gasteiger partial charge in [-0.1, -0.05) is 18.2 Å². The number of amides is 1. The minimum absolute atomic E-state index is 0.0732. The van der Waals surface area contributed by atoms with E-state index in [9.17, 15) is 14.0 Å². The number of hydrogen-bond donors (Lipinski definition) is 0. The number of rotatable bonds is 4. The van der Waals surface area contributed by atoms with E-state index in [1.54, 1.807) is 38.2 Å². The molecule has 1 heterocycles. The molecule has 1 aliphatic carbocycles. The maximum Gasteiger partial charge on any atom is 0.239 e. The molecule has 0 aromatic heterocycles. The molecule has 0 N–H and O–H groups in total. The monoisotopic (exact) mass is 301 g/mol. The van der Waals surface area contributed by atoms with Gasteiger partial charge in [0, 0.05) is 17.7 Å². The number of halogens is 1. The zero-order valence-corrected chi connectivity index (χ0v) is 13.1. The predicted octanol–water partition coefficient (Wildman–Crippen LogP) is 3.41. The number of benzene rings is 1. The number of nitrogens with zero attached hydrogens (tertiary/aromatic N) is 1. The summed E-state index contributed by atoms with van der Waals surface area (Å²) in [7, 11) is 0. The van der Waals surface area contributed by atoms with Gasteiger partial charge in [0.25, 0.3) is 0 Å². The highest BCUT2D eigenvalue weighted by Crippen LogP contribution is 2.41. The van der Waals surface area contributed by atoms with E-state index in [0.717, 1.165) is 18.4 Å². The first-order chi connectivity index (χ1) is 10.3. The van der Waals surface area contributed by atoms with Crippen molar-refractivity contribution >= 4 is 11.7 Å². The molecule has 22 heavy (non-hydrogen) atoms. The van der Waals surface area contributed by atoms with Gasteiger partial charge in [0.1, 0.15) is 11.4 Å². The lowest BCUT2D eigenvalue weighted by molar-refractivity contribution is -0.141. The van der Waals surface area contributed by atoms with Crippen molar-refractivity contribution in [1.29, 1.82) is 0 Å². The van der Waals surface area contributed by atoms with Gasteiger partial charge in [-0.2, -0.15) is 0 Å². The lowest BCUT2D eigenvalue weighted by Gasteiger charge is -2.33. The van der Waals surface area contributed by atoms with Crippen LogP contribution in [0.4, 0.5) is 4.39 Å². The Kier molecular flexibility index (Phi) is 3.42. The van der Waals surface area contributed by atoms with Crippen LogP contribution in [0, 0.1) is 11.7 Å². The number of carbonyl (C=O) groups excluding carboxylic acids is 2. The topological polar surface area (TPSA) is 37.4 Å². The Bertz CT molecular complexity index is 673. The van der Waals surface area contributed by atoms with Gasteiger partial charge in [-0.05, 0) is 45.3 Å². The molecule has 1 aromatic carbocycles. The van der Waals surface area contributed by atoms with Crippen molar-refractivity contribution < 1.29 is 14.0 Å². The molecular formula is C18H20FNO2. The van der Waals surface area contributed by atoms with E-state index in [1.807, 2.05) is 6.92 Å². The number of Topliss-reactive ketones (excluding diaryl/α,β-unsaturated/α-hetero) is 1. The molecule has 2 aliphatic rings. The normalized spacial score (nSPS) is 22.0. The van der Waals surface area contributed by atoms with Crippen molar-refractivity contribution in [3.8, 4) is 0 Å². The van der Waals surface area contributed by atoms with Crippen molar-refractivity contribution in [3.05, 3.63) is 47.4 Å². The summed E-state index contributed by atoms with van der Waals surface area (Å²) < 4.78 is 14.0. The largest absolute Gasteiger partial charge is 0.306 e. The van der Waals surface area contributed by atoms with Gasteiger partial charge in [-0.25, -0.2) is 4.39 Å². The van der Waals surface area contributed by atoms with Gasteiger partial charge in [-0.3, -0.25) is 9.59 Å². The van der Waals surface area contributed by atoms with Crippen LogP contribution >= 0.6 is 0 Å². The molecule has 0 saturated heterocycles. The van der Waals surface area contributed by atoms with Crippen LogP contribution in [0.1, 0.15) is 45.1 Å². The second kappa shape index (κ2) is 5.04. The summed E-state index contributed by atoms with van der Waals surface area (Å²) in [5.41, 5.74) is 0.268. The van der Waals surface area contributed by atoms with Crippen molar-refractivity contribution in [3.63, 3.8) is 0 Å². The van der Waals surface area contributed by atoms with Crippen LogP contribution in [0.5, 0.6) is 0 Å². The van der Waals surface area contributed by atoms with E-state index in [2.05, 4.69) is 0 Å². The predicted molar refractivity (Wildman–Crippen MR) is 81.6 cm³/mol. The molecule has 1 fully saturated rings. The Morgan fingerprint density at radius 2 is 1.91 bits per heavy atom. The van der Waals surface area contributed by atoms with E-state index in [4.69, 9.17) is 0 Å². The molecule has 1 aromatic rings. The Balaban J connectivity index is 1.93. The third-order valence-corrected chi connectivity index (χ3v) is 4.64. The Labute approximate surface area is 129 Å². The molecule has 0 spiro atoms. The summed E-state index contributed by atoms with van der Waals surface area (Å²) in [5, 5.41) is 0. The smallest absolute Gasteiger partial charge is 0.239 e. The van der Waals surface area contributed by atoms with Crippen LogP contribution in [-0.4, -0.2) is 22.1 Å². The first-order valence-electron chi connectivity index (χ1n) is 7.64. The third kappa shape index (κ3) is 2.27. The van der Waals surface area contributed by atoms with E-state index in [0.29, 0.717) is 5.56 Å². The van der Waals surface area contributed by atoms with Crippen molar-refractivity contribution in [1.82, 2.24) is 4.90 Å². The summed E-state index contributed by atoms with van der Waals surface area (Å²) in [4.78, 5) is 26.8. The highest BCUT2D eigenvalue weighted by Gasteiger charge is 2.48. The SMILES string of the molecule is CC1=CN(C(C)(C)C(=O)C2CC2)C(=O)C1c1ccccc1F. The zero-order valence-electron chi connectivity index (χ0n) is 13.1. The van der Waals surface area contributed by atoms with Crippen molar-refractivity contribution in [2.75, 3.05) is 0 Å². The van der Waals surface area contributed by atoms with Crippen LogP contribution in [0.15, 0.2) is 36.0 Å². The molecule has 3 nitrogen and oxygen atoms in total. The highest BCUT2D eigenvalue weighted by atomic mass is 19.1. The highest BCUT2D eigenvalue weighted by molar-refractivity contribution is 5.99. The van der Waals surface area contributed by atoms with E-state index in [-0.39, 0.29) is 23.4 Å². The van der Waals surface area contributed by atoms with Gasteiger partial charge < -0.3 is 4.90 Å². The summed E-state index contributed by atoms with van der Waals surface area (Å²) in [5.74, 6) is -1.07. The molecule has 3 rings (SSSR count). The van der Waals surface area contributed by atoms with Gasteiger partial charge in [0.15, 0.2) is 5.78 Å². The molecule has 1 saturated carbocycles. The van der Waals surface area contributed by atoms with Crippen LogP contribution in [0.25, 0.3) is 0 Å². The maximum atomic E-state index is 14.0. The van der Waals surface area contributed by atoms with Gasteiger partial charge in [-0.15, -0.1) is 0 Å². The fourth-order valence-corrected chi connectivity index (χ4v) is 3.16. The minimum atomic E-state index is -0.875. The fraction of sp³-hybridized carbons (Fsp3) is 0.444. The lowest BCUT2D eigenvalue weighted by atomic mass is 9.91. The molecule has 0 bridgehead atoms. The maximum absolute atomic E-state index is 14.0. The molecule has 1 unspecified atom stereocenters. The van der Waals surface area contributed by atoms with E-state index >= 15 is 0 Å². The Morgan fingerprint density at radius 1 is 1.27 bits per heavy atom. The first-order valence-corrected chi connectivity index (χ1v) is 7.64. The van der Waals surface area contributed by atoms with E-state index < -0.39 is 11.5 Å². The zero-order chi connectivity index (χ0) is 16.1. The molecule has 1 atom stereocenters. The van der Waals surface area contributed by atoms with Crippen molar-refractivity contribution in [2.45, 2.75) is 45.1 Å². The van der Waals surface area contributed by atoms with Crippen LogP contribution in [-0.2, 0) is 9.59 Å². The first kappa shape index (κ1) is 14.9. The van der Waals surface area contributed by atoms with Crippen molar-refractivity contribution in [2.24, 2.45) is 5.92 Å². The van der Waals surface area contributed by atoms with Gasteiger partial charge >= 0.3 is 0 Å². The Hall–Kier alpha value is -1.97. The van der Waals surface area contributed by atoms with E-state index in [1.165, 1.54) is 11.0 Å². The van der Waals surface area contributed by atoms with Crippen LogP contribution < -0.4 is 0 Å². The quantitative estimate of drug-likeness (QED) is 0.854. The molecule has 116 valence electrons. The van der Waals surface area contributed by atoms with Gasteiger partial charge in [0.05, 0.1) is 5.92 Å². The number of hydrogen-bond acceptors (Lipinski definition) is 2. The average Bonchev–Trinajstić information content (AvgIpc) is 3.26. The summed E-state index contributed by atoms with van der Waals surface area (Å²) in [6, 6.07) is 6.32. The third-order valence-electron chi connectivity index (χ3n) is 4.64. The summed E-state index contributed by atoms with van der Waals surface area (Å²) in [6.45, 7) is 5.37. The van der Waals surface area contributed by atoms with Crippen LogP contribution in [0.2, 0.25) is 0 Å². The second-order valence-electron chi connectivity index (χ2n) is 6.73. The van der Waals surface area contributed by atoms with Crippen LogP contribution in [0.3, 0.4) is 0 Å². The Morgan fingerprint density at radius 3 is 2.50 bits per heavy atom. The summed E-state index contributed by atoms with van der Waals surface area (Å²) in [6.07, 6.45) is 3.52. The molecule has 1 aliphatic heterocycles. The van der Waals surface area contributed by atoms with Gasteiger partial charge in [0.2, 0.25) is 5.91 Å². The lowest BCUT2D eigenvalue weighted by Crippen LogP contribution is -2.50.